The Morgan fingerprint density at radius 2 is 1.71 bits per heavy atom. The normalized spacial score (nSPS) is 20.4. The summed E-state index contributed by atoms with van der Waals surface area (Å²) in [6.07, 6.45) is 5.83. The lowest BCUT2D eigenvalue weighted by Crippen LogP contribution is -2.42. The average Bonchev–Trinajstić information content (AvgIpc) is 2.53. The second-order valence-electron chi connectivity index (χ2n) is 5.94. The summed E-state index contributed by atoms with van der Waals surface area (Å²) in [6, 6.07) is 3.99. The van der Waals surface area contributed by atoms with E-state index in [9.17, 15) is 5.11 Å². The third-order valence-electron chi connectivity index (χ3n) is 4.64. The molecule has 1 N–H and O–H groups in total. The van der Waals surface area contributed by atoms with Gasteiger partial charge in [0.05, 0.1) is 19.9 Å². The molecule has 0 bridgehead atoms. The van der Waals surface area contributed by atoms with Crippen molar-refractivity contribution in [3.05, 3.63) is 23.3 Å². The molecule has 2 aliphatic rings. The van der Waals surface area contributed by atoms with Crippen LogP contribution in [0.3, 0.4) is 0 Å². The van der Waals surface area contributed by atoms with Crippen molar-refractivity contribution in [2.45, 2.75) is 44.1 Å². The average molecular weight is 289 g/mol. The highest BCUT2D eigenvalue weighted by Crippen LogP contribution is 2.38. The van der Waals surface area contributed by atoms with Gasteiger partial charge in [-0.05, 0) is 37.0 Å². The maximum Gasteiger partial charge on any atom is 0.161 e. The minimum atomic E-state index is -0.771. The molecule has 0 spiro atoms. The molecule has 0 saturated heterocycles. The number of benzene rings is 1. The number of hydrogen-bond acceptors (Lipinski definition) is 4. The first kappa shape index (κ1) is 14.4. The first-order chi connectivity index (χ1) is 10.2. The summed E-state index contributed by atoms with van der Waals surface area (Å²) in [5.74, 6) is 1.44. The first-order valence-electron chi connectivity index (χ1n) is 7.70. The summed E-state index contributed by atoms with van der Waals surface area (Å²) in [5.41, 5.74) is 2.30. The Morgan fingerprint density at radius 1 is 1.05 bits per heavy atom. The van der Waals surface area contributed by atoms with Crippen molar-refractivity contribution in [2.24, 2.45) is 4.99 Å². The van der Waals surface area contributed by atoms with Gasteiger partial charge in [-0.2, -0.15) is 0 Å². The van der Waals surface area contributed by atoms with Gasteiger partial charge in [-0.25, -0.2) is 0 Å². The largest absolute Gasteiger partial charge is 0.493 e. The number of aliphatic imine (C=N–C) groups is 1. The number of rotatable bonds is 3. The van der Waals surface area contributed by atoms with Crippen LogP contribution in [0.25, 0.3) is 0 Å². The monoisotopic (exact) mass is 289 g/mol. The molecule has 3 rings (SSSR count). The number of ether oxygens (including phenoxy) is 2. The van der Waals surface area contributed by atoms with Crippen LogP contribution in [0, 0.1) is 0 Å². The van der Waals surface area contributed by atoms with E-state index in [1.54, 1.807) is 14.2 Å². The molecule has 1 heterocycles. The van der Waals surface area contributed by atoms with E-state index in [1.165, 1.54) is 12.0 Å². The maximum atomic E-state index is 11.0. The highest BCUT2D eigenvalue weighted by molar-refractivity contribution is 6.08. The number of methoxy groups -OCH3 is 2. The highest BCUT2D eigenvalue weighted by Gasteiger charge is 2.37. The highest BCUT2D eigenvalue weighted by atomic mass is 16.5. The van der Waals surface area contributed by atoms with Crippen LogP contribution in [0.2, 0.25) is 0 Å². The van der Waals surface area contributed by atoms with Gasteiger partial charge in [0.1, 0.15) is 5.60 Å². The van der Waals surface area contributed by atoms with Gasteiger partial charge in [0.2, 0.25) is 0 Å². The minimum absolute atomic E-state index is 0.699. The standard InChI is InChI=1S/C17H23NO3/c1-20-14-10-12-6-9-18-16(13(12)11-15(14)21-2)17(19)7-4-3-5-8-17/h10-11,19H,3-9H2,1-2H3. The number of fused-ring (bicyclic) bond motifs is 1. The van der Waals surface area contributed by atoms with Crippen LogP contribution in [-0.4, -0.2) is 37.2 Å². The number of hydrogen-bond donors (Lipinski definition) is 1. The van der Waals surface area contributed by atoms with Gasteiger partial charge in [-0.15, -0.1) is 0 Å². The predicted molar refractivity (Wildman–Crippen MR) is 82.7 cm³/mol. The zero-order valence-electron chi connectivity index (χ0n) is 12.8. The second kappa shape index (κ2) is 5.68. The molecule has 4 heteroatoms. The van der Waals surface area contributed by atoms with Gasteiger partial charge in [0.15, 0.2) is 11.5 Å². The fourth-order valence-corrected chi connectivity index (χ4v) is 3.49. The van der Waals surface area contributed by atoms with Crippen LogP contribution in [0.4, 0.5) is 0 Å². The van der Waals surface area contributed by atoms with Crippen LogP contribution >= 0.6 is 0 Å². The molecule has 0 aromatic heterocycles. The summed E-state index contributed by atoms with van der Waals surface area (Å²) in [6.45, 7) is 0.736. The number of nitrogens with zero attached hydrogens (tertiary/aromatic N) is 1. The third-order valence-corrected chi connectivity index (χ3v) is 4.64. The van der Waals surface area contributed by atoms with Crippen LogP contribution in [0.15, 0.2) is 17.1 Å². The van der Waals surface area contributed by atoms with Crippen LogP contribution in [0.1, 0.15) is 43.2 Å². The van der Waals surface area contributed by atoms with Gasteiger partial charge in [0.25, 0.3) is 0 Å². The fraction of sp³-hybridized carbons (Fsp3) is 0.588. The minimum Gasteiger partial charge on any atom is -0.493 e. The fourth-order valence-electron chi connectivity index (χ4n) is 3.49. The van der Waals surface area contributed by atoms with Crippen LogP contribution in [-0.2, 0) is 6.42 Å². The molecule has 114 valence electrons. The summed E-state index contributed by atoms with van der Waals surface area (Å²) in [4.78, 5) is 4.67. The maximum absolute atomic E-state index is 11.0. The summed E-state index contributed by atoms with van der Waals surface area (Å²) in [5, 5.41) is 11.0. The molecule has 4 nitrogen and oxygen atoms in total. The van der Waals surface area contributed by atoms with Crippen molar-refractivity contribution in [3.8, 4) is 11.5 Å². The van der Waals surface area contributed by atoms with Gasteiger partial charge >= 0.3 is 0 Å². The van der Waals surface area contributed by atoms with Crippen molar-refractivity contribution < 1.29 is 14.6 Å². The molecular weight excluding hydrogens is 266 g/mol. The van der Waals surface area contributed by atoms with Crippen LogP contribution in [0.5, 0.6) is 11.5 Å². The Bertz CT molecular complexity index is 559. The molecule has 21 heavy (non-hydrogen) atoms. The van der Waals surface area contributed by atoms with Crippen molar-refractivity contribution in [1.29, 1.82) is 0 Å². The smallest absolute Gasteiger partial charge is 0.161 e. The van der Waals surface area contributed by atoms with E-state index in [4.69, 9.17) is 9.47 Å². The van der Waals surface area contributed by atoms with Gasteiger partial charge in [0, 0.05) is 12.1 Å². The molecule has 0 radical (unpaired) electrons. The van der Waals surface area contributed by atoms with E-state index >= 15 is 0 Å². The van der Waals surface area contributed by atoms with E-state index in [0.717, 1.165) is 55.7 Å². The van der Waals surface area contributed by atoms with Gasteiger partial charge in [-0.3, -0.25) is 4.99 Å². The molecule has 1 fully saturated rings. The molecule has 0 atom stereocenters. The van der Waals surface area contributed by atoms with E-state index in [1.807, 2.05) is 12.1 Å². The SMILES string of the molecule is COc1cc2c(cc1OC)C(C1(O)CCCCC1)=NCC2. The van der Waals surface area contributed by atoms with Crippen LogP contribution < -0.4 is 9.47 Å². The lowest BCUT2D eigenvalue weighted by atomic mass is 9.77. The van der Waals surface area contributed by atoms with Gasteiger partial charge in [-0.1, -0.05) is 19.3 Å². The third kappa shape index (κ3) is 2.53. The summed E-state index contributed by atoms with van der Waals surface area (Å²) in [7, 11) is 3.29. The second-order valence-corrected chi connectivity index (χ2v) is 5.94. The first-order valence-corrected chi connectivity index (χ1v) is 7.70. The van der Waals surface area contributed by atoms with Gasteiger partial charge < -0.3 is 14.6 Å². The summed E-state index contributed by atoms with van der Waals surface area (Å²) < 4.78 is 10.8. The molecule has 1 aromatic rings. The van der Waals surface area contributed by atoms with Crippen molar-refractivity contribution in [1.82, 2.24) is 0 Å². The summed E-state index contributed by atoms with van der Waals surface area (Å²) >= 11 is 0. The van der Waals surface area contributed by atoms with Crippen molar-refractivity contribution >= 4 is 5.71 Å². The molecule has 1 aliphatic carbocycles. The Morgan fingerprint density at radius 3 is 2.38 bits per heavy atom. The lowest BCUT2D eigenvalue weighted by molar-refractivity contribution is 0.0710. The van der Waals surface area contributed by atoms with E-state index < -0.39 is 5.60 Å². The van der Waals surface area contributed by atoms with E-state index in [-0.39, 0.29) is 0 Å². The predicted octanol–water partition coefficient (Wildman–Crippen LogP) is 2.74. The van der Waals surface area contributed by atoms with E-state index in [2.05, 4.69) is 4.99 Å². The molecular formula is C17H23NO3. The molecule has 1 aromatic carbocycles. The zero-order valence-corrected chi connectivity index (χ0v) is 12.8. The molecule has 1 aliphatic heterocycles. The Labute approximate surface area is 125 Å². The zero-order chi connectivity index (χ0) is 14.9. The lowest BCUT2D eigenvalue weighted by Gasteiger charge is -2.36. The molecule has 1 saturated carbocycles. The topological polar surface area (TPSA) is 51.0 Å². The number of aliphatic hydroxyl groups is 1. The molecule has 0 amide bonds. The van der Waals surface area contributed by atoms with Crippen molar-refractivity contribution in [3.63, 3.8) is 0 Å². The quantitative estimate of drug-likeness (QED) is 0.931. The Kier molecular flexibility index (Phi) is 3.89. The Balaban J connectivity index is 2.05. The van der Waals surface area contributed by atoms with E-state index in [0.29, 0.717) is 5.75 Å². The molecule has 0 unspecified atom stereocenters. The Hall–Kier alpha value is -1.55. The van der Waals surface area contributed by atoms with Crippen molar-refractivity contribution in [2.75, 3.05) is 20.8 Å².